The smallest absolute Gasteiger partial charge is 0.0809 e. The molecule has 0 amide bonds. The third-order valence-corrected chi connectivity index (χ3v) is 4.23. The first kappa shape index (κ1) is 15.2. The molecule has 1 aliphatic carbocycles. The monoisotopic (exact) mass is 271 g/mol. The van der Waals surface area contributed by atoms with E-state index in [-0.39, 0.29) is 0 Å². The summed E-state index contributed by atoms with van der Waals surface area (Å²) >= 11 is 0. The summed E-state index contributed by atoms with van der Waals surface area (Å²) in [6.45, 7) is 3.60. The van der Waals surface area contributed by atoms with Gasteiger partial charge in [0, 0.05) is 26.4 Å². The van der Waals surface area contributed by atoms with Gasteiger partial charge in [0.05, 0.1) is 18.8 Å². The van der Waals surface area contributed by atoms with Gasteiger partial charge >= 0.3 is 0 Å². The highest BCUT2D eigenvalue weighted by molar-refractivity contribution is 4.77. The summed E-state index contributed by atoms with van der Waals surface area (Å²) in [6.07, 6.45) is 9.19. The van der Waals surface area contributed by atoms with Gasteiger partial charge in [-0.05, 0) is 51.5 Å². The summed E-state index contributed by atoms with van der Waals surface area (Å²) in [6, 6.07) is 0.685. The second-order valence-corrected chi connectivity index (χ2v) is 5.73. The van der Waals surface area contributed by atoms with E-state index in [9.17, 15) is 0 Å². The lowest BCUT2D eigenvalue weighted by Gasteiger charge is -2.28. The third kappa shape index (κ3) is 5.78. The van der Waals surface area contributed by atoms with Crippen molar-refractivity contribution >= 4 is 0 Å². The average molecular weight is 271 g/mol. The van der Waals surface area contributed by atoms with E-state index >= 15 is 0 Å². The van der Waals surface area contributed by atoms with Gasteiger partial charge in [0.1, 0.15) is 0 Å². The van der Waals surface area contributed by atoms with Crippen LogP contribution in [0.4, 0.5) is 0 Å². The maximum Gasteiger partial charge on any atom is 0.0809 e. The lowest BCUT2D eigenvalue weighted by molar-refractivity contribution is 0.0162. The summed E-state index contributed by atoms with van der Waals surface area (Å²) < 4.78 is 16.6. The quantitative estimate of drug-likeness (QED) is 0.686. The molecule has 19 heavy (non-hydrogen) atoms. The average Bonchev–Trinajstić information content (AvgIpc) is 2.96. The zero-order valence-electron chi connectivity index (χ0n) is 12.2. The van der Waals surface area contributed by atoms with E-state index in [0.717, 1.165) is 32.8 Å². The number of rotatable bonds is 8. The van der Waals surface area contributed by atoms with E-state index in [1.165, 1.54) is 38.5 Å². The molecule has 4 nitrogen and oxygen atoms in total. The zero-order valence-corrected chi connectivity index (χ0v) is 12.2. The molecule has 1 atom stereocenters. The molecule has 0 spiro atoms. The van der Waals surface area contributed by atoms with E-state index in [1.54, 1.807) is 0 Å². The van der Waals surface area contributed by atoms with E-state index in [4.69, 9.17) is 14.2 Å². The largest absolute Gasteiger partial charge is 0.381 e. The first-order chi connectivity index (χ1) is 9.38. The molecule has 112 valence electrons. The SMILES string of the molecule is COC1CCC(NCCCOCC2CCCO2)CC1. The lowest BCUT2D eigenvalue weighted by atomic mass is 9.93. The minimum Gasteiger partial charge on any atom is -0.381 e. The zero-order chi connectivity index (χ0) is 13.3. The molecule has 0 aromatic heterocycles. The fraction of sp³-hybridized carbons (Fsp3) is 1.00. The Morgan fingerprint density at radius 2 is 2.00 bits per heavy atom. The molecule has 4 heteroatoms. The number of methoxy groups -OCH3 is 1. The van der Waals surface area contributed by atoms with Gasteiger partial charge in [-0.15, -0.1) is 0 Å². The molecule has 1 unspecified atom stereocenters. The first-order valence-corrected chi connectivity index (χ1v) is 7.84. The summed E-state index contributed by atoms with van der Waals surface area (Å²) in [4.78, 5) is 0. The molecule has 0 bridgehead atoms. The fourth-order valence-electron chi connectivity index (χ4n) is 2.97. The third-order valence-electron chi connectivity index (χ3n) is 4.23. The van der Waals surface area contributed by atoms with Gasteiger partial charge < -0.3 is 19.5 Å². The predicted octanol–water partition coefficient (Wildman–Crippen LogP) is 2.12. The van der Waals surface area contributed by atoms with Gasteiger partial charge in [0.2, 0.25) is 0 Å². The minimum absolute atomic E-state index is 0.359. The van der Waals surface area contributed by atoms with E-state index in [2.05, 4.69) is 5.32 Å². The van der Waals surface area contributed by atoms with Crippen molar-refractivity contribution < 1.29 is 14.2 Å². The highest BCUT2D eigenvalue weighted by Gasteiger charge is 2.20. The van der Waals surface area contributed by atoms with Crippen LogP contribution >= 0.6 is 0 Å². The number of hydrogen-bond acceptors (Lipinski definition) is 4. The van der Waals surface area contributed by atoms with Crippen molar-refractivity contribution in [2.75, 3.05) is 33.5 Å². The maximum atomic E-state index is 5.66. The van der Waals surface area contributed by atoms with Gasteiger partial charge in [-0.2, -0.15) is 0 Å². The van der Waals surface area contributed by atoms with Crippen molar-refractivity contribution in [3.63, 3.8) is 0 Å². The van der Waals surface area contributed by atoms with E-state index < -0.39 is 0 Å². The summed E-state index contributed by atoms with van der Waals surface area (Å²) in [5.41, 5.74) is 0. The van der Waals surface area contributed by atoms with Crippen molar-refractivity contribution in [1.82, 2.24) is 5.32 Å². The number of hydrogen-bond donors (Lipinski definition) is 1. The van der Waals surface area contributed by atoms with Crippen LogP contribution < -0.4 is 5.32 Å². The van der Waals surface area contributed by atoms with Crippen molar-refractivity contribution in [1.29, 1.82) is 0 Å². The standard InChI is InChI=1S/C15H29NO3/c1-17-14-7-5-13(6-8-14)16-9-3-10-18-12-15-4-2-11-19-15/h13-16H,2-12H2,1H3. The molecule has 1 aliphatic heterocycles. The Balaban J connectivity index is 1.39. The predicted molar refractivity (Wildman–Crippen MR) is 75.5 cm³/mol. The van der Waals surface area contributed by atoms with E-state index in [0.29, 0.717) is 18.2 Å². The van der Waals surface area contributed by atoms with Gasteiger partial charge in [-0.1, -0.05) is 0 Å². The molecule has 1 saturated heterocycles. The molecule has 0 aromatic carbocycles. The molecule has 2 fully saturated rings. The number of ether oxygens (including phenoxy) is 3. The lowest BCUT2D eigenvalue weighted by Crippen LogP contribution is -2.36. The van der Waals surface area contributed by atoms with Crippen LogP contribution in [0.15, 0.2) is 0 Å². The van der Waals surface area contributed by atoms with Crippen LogP contribution in [0.25, 0.3) is 0 Å². The fourth-order valence-corrected chi connectivity index (χ4v) is 2.97. The summed E-state index contributed by atoms with van der Waals surface area (Å²) in [5, 5.41) is 3.63. The molecule has 2 aliphatic rings. The Hall–Kier alpha value is -0.160. The molecule has 1 saturated carbocycles. The van der Waals surface area contributed by atoms with Crippen LogP contribution in [0.5, 0.6) is 0 Å². The Morgan fingerprint density at radius 1 is 1.16 bits per heavy atom. The second kappa shape index (κ2) is 8.90. The highest BCUT2D eigenvalue weighted by atomic mass is 16.5. The molecule has 1 heterocycles. The molecule has 1 N–H and O–H groups in total. The van der Waals surface area contributed by atoms with Gasteiger partial charge in [0.15, 0.2) is 0 Å². The molecular weight excluding hydrogens is 242 g/mol. The Labute approximate surface area is 117 Å². The van der Waals surface area contributed by atoms with E-state index in [1.807, 2.05) is 7.11 Å². The summed E-state index contributed by atoms with van der Waals surface area (Å²) in [7, 11) is 1.82. The van der Waals surface area contributed by atoms with Crippen LogP contribution in [0.3, 0.4) is 0 Å². The Morgan fingerprint density at radius 3 is 2.68 bits per heavy atom. The van der Waals surface area contributed by atoms with Crippen molar-refractivity contribution in [3.05, 3.63) is 0 Å². The highest BCUT2D eigenvalue weighted by Crippen LogP contribution is 2.20. The molecule has 0 aromatic rings. The maximum absolute atomic E-state index is 5.66. The number of nitrogens with one attached hydrogen (secondary N) is 1. The Kier molecular flexibility index (Phi) is 7.14. The van der Waals surface area contributed by atoms with Gasteiger partial charge in [-0.3, -0.25) is 0 Å². The van der Waals surface area contributed by atoms with Crippen LogP contribution in [0.1, 0.15) is 44.9 Å². The first-order valence-electron chi connectivity index (χ1n) is 7.84. The van der Waals surface area contributed by atoms with Crippen LogP contribution in [0, 0.1) is 0 Å². The minimum atomic E-state index is 0.359. The topological polar surface area (TPSA) is 39.7 Å². The van der Waals surface area contributed by atoms with Gasteiger partial charge in [0.25, 0.3) is 0 Å². The molecular formula is C15H29NO3. The molecule has 2 rings (SSSR count). The Bertz CT molecular complexity index is 223. The van der Waals surface area contributed by atoms with Gasteiger partial charge in [-0.25, -0.2) is 0 Å². The summed E-state index contributed by atoms with van der Waals surface area (Å²) in [5.74, 6) is 0. The normalized spacial score (nSPS) is 31.7. The van der Waals surface area contributed by atoms with Crippen molar-refractivity contribution in [2.24, 2.45) is 0 Å². The van der Waals surface area contributed by atoms with Crippen molar-refractivity contribution in [2.45, 2.75) is 63.2 Å². The molecule has 0 radical (unpaired) electrons. The van der Waals surface area contributed by atoms with Crippen LogP contribution in [-0.4, -0.2) is 51.7 Å². The second-order valence-electron chi connectivity index (χ2n) is 5.73. The van der Waals surface area contributed by atoms with Crippen molar-refractivity contribution in [3.8, 4) is 0 Å². The van der Waals surface area contributed by atoms with Crippen LogP contribution in [-0.2, 0) is 14.2 Å². The van der Waals surface area contributed by atoms with Crippen LogP contribution in [0.2, 0.25) is 0 Å².